The van der Waals surface area contributed by atoms with Crippen LogP contribution in [0.1, 0.15) is 50.6 Å². The first-order chi connectivity index (χ1) is 11.2. The zero-order valence-corrected chi connectivity index (χ0v) is 15.9. The van der Waals surface area contributed by atoms with Crippen molar-refractivity contribution in [1.82, 2.24) is 10.3 Å². The summed E-state index contributed by atoms with van der Waals surface area (Å²) in [6.45, 7) is 10.2. The zero-order chi connectivity index (χ0) is 17.9. The van der Waals surface area contributed by atoms with Gasteiger partial charge >= 0.3 is 6.03 Å². The van der Waals surface area contributed by atoms with E-state index in [4.69, 9.17) is 4.74 Å². The number of aryl methyl sites for hydroxylation is 1. The topological polar surface area (TPSA) is 63.2 Å². The van der Waals surface area contributed by atoms with Gasteiger partial charge in [0.25, 0.3) is 0 Å². The van der Waals surface area contributed by atoms with Crippen LogP contribution in [0.4, 0.5) is 9.80 Å². The average molecular weight is 347 g/mol. The van der Waals surface area contributed by atoms with Gasteiger partial charge in [-0.3, -0.25) is 5.32 Å². The largest absolute Gasteiger partial charge is 0.496 e. The summed E-state index contributed by atoms with van der Waals surface area (Å²) in [5.74, 6) is 0.765. The van der Waals surface area contributed by atoms with E-state index in [9.17, 15) is 4.79 Å². The highest BCUT2D eigenvalue weighted by atomic mass is 32.1. The highest BCUT2D eigenvalue weighted by Gasteiger charge is 2.23. The first kappa shape index (κ1) is 18.3. The van der Waals surface area contributed by atoms with Gasteiger partial charge in [0.2, 0.25) is 0 Å². The quantitative estimate of drug-likeness (QED) is 0.847. The number of hydrogen-bond acceptors (Lipinski definition) is 4. The predicted molar refractivity (Wildman–Crippen MR) is 99.1 cm³/mol. The van der Waals surface area contributed by atoms with E-state index in [1.165, 1.54) is 11.3 Å². The van der Waals surface area contributed by atoms with Crippen molar-refractivity contribution in [2.24, 2.45) is 0 Å². The summed E-state index contributed by atoms with van der Waals surface area (Å²) >= 11 is 1.43. The van der Waals surface area contributed by atoms with E-state index in [0.29, 0.717) is 0 Å². The maximum absolute atomic E-state index is 12.4. The van der Waals surface area contributed by atoms with Gasteiger partial charge in [0.1, 0.15) is 10.8 Å². The van der Waals surface area contributed by atoms with Crippen LogP contribution >= 0.6 is 11.3 Å². The number of nitrogens with one attached hydrogen (secondary N) is 2. The smallest absolute Gasteiger partial charge is 0.320 e. The summed E-state index contributed by atoms with van der Waals surface area (Å²) in [5, 5.41) is 6.66. The third-order valence-electron chi connectivity index (χ3n) is 3.70. The Balaban J connectivity index is 2.11. The fourth-order valence-corrected chi connectivity index (χ4v) is 3.36. The van der Waals surface area contributed by atoms with Gasteiger partial charge in [0.15, 0.2) is 0 Å². The lowest BCUT2D eigenvalue weighted by Gasteiger charge is -2.20. The predicted octanol–water partition coefficient (Wildman–Crippen LogP) is 4.64. The lowest BCUT2D eigenvalue weighted by molar-refractivity contribution is 0.249. The lowest BCUT2D eigenvalue weighted by Crippen LogP contribution is -2.32. The zero-order valence-electron chi connectivity index (χ0n) is 15.1. The molecule has 0 spiro atoms. The van der Waals surface area contributed by atoms with E-state index in [2.05, 4.69) is 36.4 Å². The molecule has 2 rings (SSSR count). The molecule has 0 saturated heterocycles. The number of aromatic nitrogens is 1. The van der Waals surface area contributed by atoms with E-state index >= 15 is 0 Å². The summed E-state index contributed by atoms with van der Waals surface area (Å²) in [4.78, 5) is 16.7. The molecule has 0 radical (unpaired) electrons. The molecule has 0 aliphatic carbocycles. The van der Waals surface area contributed by atoms with E-state index in [1.54, 1.807) is 12.6 Å². The van der Waals surface area contributed by atoms with Gasteiger partial charge in [-0.15, -0.1) is 11.3 Å². The van der Waals surface area contributed by atoms with Crippen LogP contribution in [0.3, 0.4) is 0 Å². The minimum Gasteiger partial charge on any atom is -0.496 e. The van der Waals surface area contributed by atoms with Crippen molar-refractivity contribution in [2.45, 2.75) is 46.1 Å². The van der Waals surface area contributed by atoms with Crippen LogP contribution < -0.4 is 15.4 Å². The maximum Gasteiger partial charge on any atom is 0.320 e. The van der Waals surface area contributed by atoms with Gasteiger partial charge in [0.05, 0.1) is 24.4 Å². The van der Waals surface area contributed by atoms with Crippen LogP contribution in [0.25, 0.3) is 0 Å². The SMILES string of the molecule is COc1ccc(C)cc1[C@H](C)NC(=O)Nc1scnc1C(C)(C)C. The van der Waals surface area contributed by atoms with Crippen LogP contribution in [-0.2, 0) is 5.41 Å². The van der Waals surface area contributed by atoms with Crippen LogP contribution in [-0.4, -0.2) is 18.1 Å². The fourth-order valence-electron chi connectivity index (χ4n) is 2.47. The number of nitrogens with zero attached hydrogens (tertiary/aromatic N) is 1. The standard InChI is InChI=1S/C18H25N3O2S/c1-11-7-8-14(23-6)13(9-11)12(2)20-17(22)21-16-15(18(3,4)5)19-10-24-16/h7-10,12H,1-6H3,(H2,20,21,22)/t12-/m0/s1. The van der Waals surface area contributed by atoms with Crippen molar-refractivity contribution in [1.29, 1.82) is 0 Å². The second-order valence-corrected chi connectivity index (χ2v) is 7.70. The lowest BCUT2D eigenvalue weighted by atomic mass is 9.92. The summed E-state index contributed by atoms with van der Waals surface area (Å²) in [5.41, 5.74) is 4.60. The molecule has 2 N–H and O–H groups in total. The molecule has 0 saturated carbocycles. The molecule has 6 heteroatoms. The minimum absolute atomic E-state index is 0.117. The Labute approximate surface area is 147 Å². The Morgan fingerprint density at radius 3 is 2.67 bits per heavy atom. The number of amides is 2. The van der Waals surface area contributed by atoms with Gasteiger partial charge in [0, 0.05) is 11.0 Å². The van der Waals surface area contributed by atoms with E-state index < -0.39 is 0 Å². The Hall–Kier alpha value is -2.08. The molecular formula is C18H25N3O2S. The Bertz CT molecular complexity index is 719. The molecule has 0 aliphatic rings. The average Bonchev–Trinajstić information content (AvgIpc) is 2.95. The van der Waals surface area contributed by atoms with Crippen LogP contribution in [0.5, 0.6) is 5.75 Å². The van der Waals surface area contributed by atoms with Crippen molar-refractivity contribution in [3.05, 3.63) is 40.5 Å². The number of benzene rings is 1. The monoisotopic (exact) mass is 347 g/mol. The van der Waals surface area contributed by atoms with Gasteiger partial charge < -0.3 is 10.1 Å². The number of rotatable bonds is 4. The maximum atomic E-state index is 12.4. The first-order valence-corrected chi connectivity index (χ1v) is 8.76. The molecule has 24 heavy (non-hydrogen) atoms. The number of hydrogen-bond donors (Lipinski definition) is 2. The molecule has 5 nitrogen and oxygen atoms in total. The first-order valence-electron chi connectivity index (χ1n) is 7.88. The van der Waals surface area contributed by atoms with Gasteiger partial charge in [-0.25, -0.2) is 9.78 Å². The van der Waals surface area contributed by atoms with E-state index in [-0.39, 0.29) is 17.5 Å². The minimum atomic E-state index is -0.249. The van der Waals surface area contributed by atoms with Crippen molar-refractivity contribution >= 4 is 22.4 Å². The summed E-state index contributed by atoms with van der Waals surface area (Å²) in [6, 6.07) is 5.51. The Morgan fingerprint density at radius 1 is 1.33 bits per heavy atom. The molecule has 0 aliphatic heterocycles. The van der Waals surface area contributed by atoms with E-state index in [1.807, 2.05) is 32.0 Å². The summed E-state index contributed by atoms with van der Waals surface area (Å²) < 4.78 is 5.39. The number of urea groups is 1. The fraction of sp³-hybridized carbons (Fsp3) is 0.444. The summed E-state index contributed by atoms with van der Waals surface area (Å²) in [6.07, 6.45) is 0. The third kappa shape index (κ3) is 4.26. The van der Waals surface area contributed by atoms with Crippen molar-refractivity contribution in [2.75, 3.05) is 12.4 Å². The molecule has 0 unspecified atom stereocenters. The molecule has 1 heterocycles. The number of methoxy groups -OCH3 is 1. The number of ether oxygens (including phenoxy) is 1. The highest BCUT2D eigenvalue weighted by molar-refractivity contribution is 7.14. The van der Waals surface area contributed by atoms with Crippen LogP contribution in [0.2, 0.25) is 0 Å². The highest BCUT2D eigenvalue weighted by Crippen LogP contribution is 2.31. The third-order valence-corrected chi connectivity index (χ3v) is 4.45. The molecule has 130 valence electrons. The molecule has 2 aromatic rings. The molecule has 1 atom stereocenters. The molecule has 1 aromatic heterocycles. The van der Waals surface area contributed by atoms with E-state index in [0.717, 1.165) is 27.6 Å². The normalized spacial score (nSPS) is 12.6. The molecular weight excluding hydrogens is 322 g/mol. The van der Waals surface area contributed by atoms with Crippen molar-refractivity contribution in [3.63, 3.8) is 0 Å². The second kappa shape index (κ2) is 7.21. The number of carbonyl (C=O) groups is 1. The number of anilines is 1. The number of thiazole rings is 1. The van der Waals surface area contributed by atoms with Gasteiger partial charge in [-0.05, 0) is 19.9 Å². The molecule has 0 bridgehead atoms. The van der Waals surface area contributed by atoms with Crippen LogP contribution in [0.15, 0.2) is 23.7 Å². The van der Waals surface area contributed by atoms with Crippen molar-refractivity contribution < 1.29 is 9.53 Å². The molecule has 1 aromatic carbocycles. The molecule has 2 amide bonds. The second-order valence-electron chi connectivity index (χ2n) is 6.85. The van der Waals surface area contributed by atoms with Crippen LogP contribution in [0, 0.1) is 6.92 Å². The number of carbonyl (C=O) groups excluding carboxylic acids is 1. The Kier molecular flexibility index (Phi) is 5.49. The van der Waals surface area contributed by atoms with Gasteiger partial charge in [-0.1, -0.05) is 38.5 Å². The molecule has 0 fully saturated rings. The Morgan fingerprint density at radius 2 is 2.04 bits per heavy atom. The van der Waals surface area contributed by atoms with Gasteiger partial charge in [-0.2, -0.15) is 0 Å². The summed E-state index contributed by atoms with van der Waals surface area (Å²) in [7, 11) is 1.63. The van der Waals surface area contributed by atoms with Crippen molar-refractivity contribution in [3.8, 4) is 5.75 Å².